The van der Waals surface area contributed by atoms with Gasteiger partial charge in [-0.25, -0.2) is 4.98 Å². The number of amides is 1. The molecule has 1 amide bonds. The largest absolute Gasteiger partial charge is 0.493 e. The number of benzene rings is 4. The number of aromatic nitrogens is 2. The molecule has 6 heteroatoms. The minimum atomic E-state index is -0.257. The van der Waals surface area contributed by atoms with Crippen LogP contribution in [0.1, 0.15) is 35.6 Å². The van der Waals surface area contributed by atoms with Gasteiger partial charge in [-0.3, -0.25) is 4.79 Å². The summed E-state index contributed by atoms with van der Waals surface area (Å²) in [6.07, 6.45) is 0.808. The number of ether oxygens (including phenoxy) is 1. The molecule has 1 heterocycles. The molecule has 176 valence electrons. The highest BCUT2D eigenvalue weighted by molar-refractivity contribution is 9.10. The maximum Gasteiger partial charge on any atom is 0.251 e. The molecule has 1 atom stereocenters. The summed E-state index contributed by atoms with van der Waals surface area (Å²) in [4.78, 5) is 17.7. The lowest BCUT2D eigenvalue weighted by Crippen LogP contribution is -2.28. The molecule has 0 saturated heterocycles. The molecule has 0 aliphatic carbocycles. The van der Waals surface area contributed by atoms with Gasteiger partial charge in [0.15, 0.2) is 0 Å². The van der Waals surface area contributed by atoms with Gasteiger partial charge in [0.1, 0.15) is 11.6 Å². The Labute approximate surface area is 212 Å². The normalized spacial score (nSPS) is 12.1. The van der Waals surface area contributed by atoms with Gasteiger partial charge in [0.05, 0.1) is 23.7 Å². The first kappa shape index (κ1) is 23.1. The number of nitrogens with zero attached hydrogens (tertiary/aromatic N) is 2. The molecule has 0 spiro atoms. The van der Waals surface area contributed by atoms with E-state index < -0.39 is 0 Å². The Morgan fingerprint density at radius 2 is 1.77 bits per heavy atom. The third-order valence-corrected chi connectivity index (χ3v) is 6.53. The number of para-hydroxylation sites is 2. The van der Waals surface area contributed by atoms with Crippen molar-refractivity contribution in [3.63, 3.8) is 0 Å². The van der Waals surface area contributed by atoms with Crippen LogP contribution < -0.4 is 10.1 Å². The van der Waals surface area contributed by atoms with Crippen LogP contribution in [0.15, 0.2) is 95.5 Å². The number of imidazole rings is 1. The predicted molar refractivity (Wildman–Crippen MR) is 144 cm³/mol. The summed E-state index contributed by atoms with van der Waals surface area (Å²) in [5.74, 6) is 1.60. The average Bonchev–Trinajstić information content (AvgIpc) is 3.25. The smallest absolute Gasteiger partial charge is 0.251 e. The summed E-state index contributed by atoms with van der Waals surface area (Å²) in [6.45, 7) is 3.29. The molecular weight excluding hydrogens is 502 g/mol. The first-order valence-electron chi connectivity index (χ1n) is 11.7. The summed E-state index contributed by atoms with van der Waals surface area (Å²) < 4.78 is 9.22. The van der Waals surface area contributed by atoms with Gasteiger partial charge in [-0.2, -0.15) is 0 Å². The fourth-order valence-corrected chi connectivity index (χ4v) is 4.76. The molecule has 5 rings (SSSR count). The maximum atomic E-state index is 12.8. The molecule has 0 aliphatic heterocycles. The minimum absolute atomic E-state index is 0.128. The number of fused-ring (bicyclic) bond motifs is 2. The standard InChI is InChI=1S/C29H26BrN3O2/c1-20(31-29(34)22-11-6-12-23(30)19-22)28-32-25-14-4-5-15-26(25)33(28)17-8-18-35-27-16-7-10-21-9-2-3-13-24(21)27/h2-7,9-16,19-20H,8,17-18H2,1H3,(H,31,34). The third kappa shape index (κ3) is 5.08. The first-order valence-corrected chi connectivity index (χ1v) is 12.5. The zero-order valence-electron chi connectivity index (χ0n) is 19.4. The fraction of sp³-hybridized carbons (Fsp3) is 0.172. The van der Waals surface area contributed by atoms with E-state index in [-0.39, 0.29) is 11.9 Å². The van der Waals surface area contributed by atoms with Crippen LogP contribution in [0.2, 0.25) is 0 Å². The lowest BCUT2D eigenvalue weighted by molar-refractivity contribution is 0.0937. The Morgan fingerprint density at radius 3 is 2.66 bits per heavy atom. The van der Waals surface area contributed by atoms with E-state index >= 15 is 0 Å². The summed E-state index contributed by atoms with van der Waals surface area (Å²) in [5, 5.41) is 5.39. The number of carbonyl (C=O) groups is 1. The van der Waals surface area contributed by atoms with Crippen molar-refractivity contribution in [2.24, 2.45) is 0 Å². The van der Waals surface area contributed by atoms with Crippen molar-refractivity contribution in [1.82, 2.24) is 14.9 Å². The van der Waals surface area contributed by atoms with E-state index in [4.69, 9.17) is 9.72 Å². The Kier molecular flexibility index (Phi) is 6.82. The van der Waals surface area contributed by atoms with Gasteiger partial charge in [-0.15, -0.1) is 0 Å². The van der Waals surface area contributed by atoms with Crippen molar-refractivity contribution in [2.75, 3.05) is 6.61 Å². The second-order valence-electron chi connectivity index (χ2n) is 8.50. The van der Waals surface area contributed by atoms with Gasteiger partial charge in [0.2, 0.25) is 0 Å². The molecule has 0 fully saturated rings. The van der Waals surface area contributed by atoms with E-state index in [1.165, 1.54) is 5.39 Å². The number of halogens is 1. The van der Waals surface area contributed by atoms with Crippen molar-refractivity contribution in [3.05, 3.63) is 107 Å². The highest BCUT2D eigenvalue weighted by Crippen LogP contribution is 2.26. The van der Waals surface area contributed by atoms with Gasteiger partial charge in [-0.1, -0.05) is 70.5 Å². The Morgan fingerprint density at radius 1 is 1.00 bits per heavy atom. The van der Waals surface area contributed by atoms with Crippen LogP contribution >= 0.6 is 15.9 Å². The fourth-order valence-electron chi connectivity index (χ4n) is 4.36. The second-order valence-corrected chi connectivity index (χ2v) is 9.41. The van der Waals surface area contributed by atoms with Crippen molar-refractivity contribution in [3.8, 4) is 5.75 Å². The van der Waals surface area contributed by atoms with E-state index in [1.54, 1.807) is 6.07 Å². The van der Waals surface area contributed by atoms with Gasteiger partial charge in [-0.05, 0) is 55.1 Å². The van der Waals surface area contributed by atoms with Gasteiger partial charge < -0.3 is 14.6 Å². The molecule has 5 nitrogen and oxygen atoms in total. The van der Waals surface area contributed by atoms with Gasteiger partial charge >= 0.3 is 0 Å². The van der Waals surface area contributed by atoms with Crippen LogP contribution in [0.3, 0.4) is 0 Å². The van der Waals surface area contributed by atoms with E-state index in [1.807, 2.05) is 67.6 Å². The van der Waals surface area contributed by atoms with E-state index in [9.17, 15) is 4.79 Å². The summed E-state index contributed by atoms with van der Waals surface area (Å²) >= 11 is 3.43. The molecule has 0 radical (unpaired) electrons. The minimum Gasteiger partial charge on any atom is -0.493 e. The highest BCUT2D eigenvalue weighted by Gasteiger charge is 2.19. The van der Waals surface area contributed by atoms with Gasteiger partial charge in [0, 0.05) is 22.0 Å². The molecule has 5 aromatic rings. The first-order chi connectivity index (χ1) is 17.1. The molecular formula is C29H26BrN3O2. The number of hydrogen-bond acceptors (Lipinski definition) is 3. The van der Waals surface area contributed by atoms with Crippen molar-refractivity contribution < 1.29 is 9.53 Å². The Hall–Kier alpha value is -3.64. The lowest BCUT2D eigenvalue weighted by Gasteiger charge is -2.17. The number of nitrogens with one attached hydrogen (secondary N) is 1. The van der Waals surface area contributed by atoms with Crippen molar-refractivity contribution in [2.45, 2.75) is 25.9 Å². The van der Waals surface area contributed by atoms with Crippen LogP contribution in [-0.2, 0) is 6.54 Å². The molecule has 1 N–H and O–H groups in total. The molecule has 4 aromatic carbocycles. The molecule has 0 bridgehead atoms. The topological polar surface area (TPSA) is 56.2 Å². The van der Waals surface area contributed by atoms with Crippen LogP contribution in [0, 0.1) is 0 Å². The maximum absolute atomic E-state index is 12.8. The van der Waals surface area contributed by atoms with E-state index in [0.717, 1.165) is 45.4 Å². The highest BCUT2D eigenvalue weighted by atomic mass is 79.9. The monoisotopic (exact) mass is 527 g/mol. The Bertz CT molecular complexity index is 1490. The average molecular weight is 528 g/mol. The Balaban J connectivity index is 1.31. The van der Waals surface area contributed by atoms with Crippen LogP contribution in [0.5, 0.6) is 5.75 Å². The molecule has 1 aromatic heterocycles. The number of rotatable bonds is 8. The third-order valence-electron chi connectivity index (χ3n) is 6.04. The summed E-state index contributed by atoms with van der Waals surface area (Å²) in [7, 11) is 0. The van der Waals surface area contributed by atoms with Crippen LogP contribution in [0.4, 0.5) is 0 Å². The van der Waals surface area contributed by atoms with Gasteiger partial charge in [0.25, 0.3) is 5.91 Å². The van der Waals surface area contributed by atoms with Crippen LogP contribution in [-0.4, -0.2) is 22.1 Å². The molecule has 1 unspecified atom stereocenters. The van der Waals surface area contributed by atoms with Crippen molar-refractivity contribution >= 4 is 43.6 Å². The van der Waals surface area contributed by atoms with Crippen LogP contribution in [0.25, 0.3) is 21.8 Å². The van der Waals surface area contributed by atoms with E-state index in [0.29, 0.717) is 12.2 Å². The zero-order valence-corrected chi connectivity index (χ0v) is 21.0. The quantitative estimate of drug-likeness (QED) is 0.223. The predicted octanol–water partition coefficient (Wildman–Crippen LogP) is 6.91. The summed E-state index contributed by atoms with van der Waals surface area (Å²) in [5.41, 5.74) is 2.58. The lowest BCUT2D eigenvalue weighted by atomic mass is 10.1. The second kappa shape index (κ2) is 10.3. The zero-order chi connectivity index (χ0) is 24.2. The molecule has 0 aliphatic rings. The number of aryl methyl sites for hydroxylation is 1. The number of carbonyl (C=O) groups excluding carboxylic acids is 1. The number of hydrogen-bond donors (Lipinski definition) is 1. The van der Waals surface area contributed by atoms with Crippen molar-refractivity contribution in [1.29, 1.82) is 0 Å². The molecule has 0 saturated carbocycles. The molecule has 35 heavy (non-hydrogen) atoms. The van der Waals surface area contributed by atoms with E-state index in [2.05, 4.69) is 50.1 Å². The summed E-state index contributed by atoms with van der Waals surface area (Å²) in [6, 6.07) is 29.6. The SMILES string of the molecule is CC(NC(=O)c1cccc(Br)c1)c1nc2ccccc2n1CCCOc1cccc2ccccc12.